The maximum absolute atomic E-state index is 13.3. The molecule has 0 fully saturated rings. The standard InChI is InChI=1S/C14H11FN2/c1-9-2-3-14(17)13(4-9)11-5-10(8-16)6-12(15)7-11/h2-7H,17H2,1H3. The molecule has 0 amide bonds. The van der Waals surface area contributed by atoms with Gasteiger partial charge < -0.3 is 5.73 Å². The molecule has 2 rings (SSSR count). The molecule has 2 N–H and O–H groups in total. The van der Waals surface area contributed by atoms with Crippen LogP contribution in [0.4, 0.5) is 10.1 Å². The number of aryl methyl sites for hydroxylation is 1. The zero-order chi connectivity index (χ0) is 12.4. The molecule has 0 aliphatic carbocycles. The fourth-order valence-corrected chi connectivity index (χ4v) is 1.73. The topological polar surface area (TPSA) is 49.8 Å². The number of hydrogen-bond acceptors (Lipinski definition) is 2. The summed E-state index contributed by atoms with van der Waals surface area (Å²) in [6.45, 7) is 1.94. The third kappa shape index (κ3) is 2.26. The molecule has 0 radical (unpaired) electrons. The summed E-state index contributed by atoms with van der Waals surface area (Å²) in [5, 5.41) is 8.81. The molecule has 2 aromatic rings. The summed E-state index contributed by atoms with van der Waals surface area (Å²) in [6.07, 6.45) is 0. The lowest BCUT2D eigenvalue weighted by Crippen LogP contribution is -1.92. The Morgan fingerprint density at radius 1 is 1.18 bits per heavy atom. The minimum atomic E-state index is -0.431. The second-order valence-corrected chi connectivity index (χ2v) is 3.93. The van der Waals surface area contributed by atoms with Crippen LogP contribution in [0.25, 0.3) is 11.1 Å². The third-order valence-corrected chi connectivity index (χ3v) is 2.55. The Morgan fingerprint density at radius 3 is 2.65 bits per heavy atom. The molecule has 0 heterocycles. The number of nitriles is 1. The molecule has 0 saturated carbocycles. The Morgan fingerprint density at radius 2 is 1.94 bits per heavy atom. The van der Waals surface area contributed by atoms with Crippen molar-refractivity contribution in [1.29, 1.82) is 5.26 Å². The molecule has 3 heteroatoms. The highest BCUT2D eigenvalue weighted by Crippen LogP contribution is 2.28. The van der Waals surface area contributed by atoms with E-state index in [1.807, 2.05) is 25.1 Å². The van der Waals surface area contributed by atoms with Gasteiger partial charge in [0.2, 0.25) is 0 Å². The maximum atomic E-state index is 13.3. The van der Waals surface area contributed by atoms with Crippen molar-refractivity contribution in [3.63, 3.8) is 0 Å². The monoisotopic (exact) mass is 226 g/mol. The van der Waals surface area contributed by atoms with Crippen LogP contribution in [-0.2, 0) is 0 Å². The number of rotatable bonds is 1. The summed E-state index contributed by atoms with van der Waals surface area (Å²) in [6, 6.07) is 11.7. The van der Waals surface area contributed by atoms with Gasteiger partial charge in [0.05, 0.1) is 11.6 Å². The summed E-state index contributed by atoms with van der Waals surface area (Å²) < 4.78 is 13.3. The van der Waals surface area contributed by atoms with Crippen molar-refractivity contribution in [3.05, 3.63) is 53.3 Å². The van der Waals surface area contributed by atoms with E-state index in [4.69, 9.17) is 11.0 Å². The number of halogens is 1. The third-order valence-electron chi connectivity index (χ3n) is 2.55. The lowest BCUT2D eigenvalue weighted by molar-refractivity contribution is 0.628. The van der Waals surface area contributed by atoms with E-state index in [9.17, 15) is 4.39 Å². The summed E-state index contributed by atoms with van der Waals surface area (Å²) in [5.41, 5.74) is 9.14. The molecule has 0 unspecified atom stereocenters. The van der Waals surface area contributed by atoms with Crippen molar-refractivity contribution in [2.75, 3.05) is 5.73 Å². The van der Waals surface area contributed by atoms with Gasteiger partial charge in [-0.2, -0.15) is 5.26 Å². The van der Waals surface area contributed by atoms with Crippen molar-refractivity contribution in [2.24, 2.45) is 0 Å². The van der Waals surface area contributed by atoms with Crippen LogP contribution < -0.4 is 5.73 Å². The Hall–Kier alpha value is -2.34. The summed E-state index contributed by atoms with van der Waals surface area (Å²) >= 11 is 0. The Bertz CT molecular complexity index is 612. The van der Waals surface area contributed by atoms with E-state index in [-0.39, 0.29) is 0 Å². The van der Waals surface area contributed by atoms with E-state index in [2.05, 4.69) is 0 Å². The maximum Gasteiger partial charge on any atom is 0.125 e. The lowest BCUT2D eigenvalue weighted by atomic mass is 10.00. The average molecular weight is 226 g/mol. The van der Waals surface area contributed by atoms with E-state index in [0.717, 1.165) is 11.1 Å². The number of nitrogens with two attached hydrogens (primary N) is 1. The summed E-state index contributed by atoms with van der Waals surface area (Å²) in [7, 11) is 0. The van der Waals surface area contributed by atoms with Crippen LogP contribution in [0.3, 0.4) is 0 Å². The Kier molecular flexibility index (Phi) is 2.80. The van der Waals surface area contributed by atoms with Crippen molar-refractivity contribution in [1.82, 2.24) is 0 Å². The molecular formula is C14H11FN2. The van der Waals surface area contributed by atoms with Crippen LogP contribution in [0.15, 0.2) is 36.4 Å². The first kappa shape index (κ1) is 11.2. The number of nitrogen functional groups attached to an aromatic ring is 1. The molecule has 0 bridgehead atoms. The second kappa shape index (κ2) is 4.26. The molecule has 2 nitrogen and oxygen atoms in total. The van der Waals surface area contributed by atoms with E-state index in [1.165, 1.54) is 12.1 Å². The predicted octanol–water partition coefficient (Wildman–Crippen LogP) is 3.26. The van der Waals surface area contributed by atoms with Crippen LogP contribution in [0.1, 0.15) is 11.1 Å². The minimum absolute atomic E-state index is 0.293. The zero-order valence-electron chi connectivity index (χ0n) is 9.37. The largest absolute Gasteiger partial charge is 0.398 e. The fraction of sp³-hybridized carbons (Fsp3) is 0.0714. The first-order valence-electron chi connectivity index (χ1n) is 5.17. The molecule has 0 atom stereocenters. The van der Waals surface area contributed by atoms with Gasteiger partial charge in [-0.1, -0.05) is 11.6 Å². The molecule has 0 aliphatic heterocycles. The van der Waals surface area contributed by atoms with Gasteiger partial charge >= 0.3 is 0 Å². The molecule has 0 aliphatic rings. The van der Waals surface area contributed by atoms with E-state index in [0.29, 0.717) is 16.8 Å². The van der Waals surface area contributed by atoms with Crippen LogP contribution in [0, 0.1) is 24.1 Å². The van der Waals surface area contributed by atoms with Crippen molar-refractivity contribution in [3.8, 4) is 17.2 Å². The van der Waals surface area contributed by atoms with Crippen LogP contribution in [-0.4, -0.2) is 0 Å². The zero-order valence-corrected chi connectivity index (χ0v) is 9.37. The first-order chi connectivity index (χ1) is 8.10. The van der Waals surface area contributed by atoms with Gasteiger partial charge in [-0.3, -0.25) is 0 Å². The number of nitrogens with zero attached hydrogens (tertiary/aromatic N) is 1. The number of anilines is 1. The van der Waals surface area contributed by atoms with Crippen LogP contribution in [0.2, 0.25) is 0 Å². The average Bonchev–Trinajstić information content (AvgIpc) is 2.31. The molecule has 0 spiro atoms. The van der Waals surface area contributed by atoms with Crippen LogP contribution >= 0.6 is 0 Å². The smallest absolute Gasteiger partial charge is 0.125 e. The van der Waals surface area contributed by atoms with E-state index < -0.39 is 5.82 Å². The van der Waals surface area contributed by atoms with E-state index in [1.54, 1.807) is 12.1 Å². The van der Waals surface area contributed by atoms with E-state index >= 15 is 0 Å². The summed E-state index contributed by atoms with van der Waals surface area (Å²) in [5.74, 6) is -0.431. The fourth-order valence-electron chi connectivity index (χ4n) is 1.73. The van der Waals surface area contributed by atoms with Gasteiger partial charge in [0.25, 0.3) is 0 Å². The van der Waals surface area contributed by atoms with Gasteiger partial charge in [-0.15, -0.1) is 0 Å². The summed E-state index contributed by atoms with van der Waals surface area (Å²) in [4.78, 5) is 0. The Labute approximate surface area is 99.1 Å². The lowest BCUT2D eigenvalue weighted by Gasteiger charge is -2.07. The van der Waals surface area contributed by atoms with Crippen molar-refractivity contribution < 1.29 is 4.39 Å². The highest BCUT2D eigenvalue weighted by Gasteiger charge is 2.06. The minimum Gasteiger partial charge on any atom is -0.398 e. The molecular weight excluding hydrogens is 215 g/mol. The molecule has 84 valence electrons. The molecule has 0 aromatic heterocycles. The van der Waals surface area contributed by atoms with Gasteiger partial charge in [0.15, 0.2) is 0 Å². The van der Waals surface area contributed by atoms with Gasteiger partial charge in [0, 0.05) is 11.3 Å². The Balaban J connectivity index is 2.64. The highest BCUT2D eigenvalue weighted by atomic mass is 19.1. The quantitative estimate of drug-likeness (QED) is 0.759. The SMILES string of the molecule is Cc1ccc(N)c(-c2cc(F)cc(C#N)c2)c1. The highest BCUT2D eigenvalue weighted by molar-refractivity contribution is 5.77. The van der Waals surface area contributed by atoms with Gasteiger partial charge in [0.1, 0.15) is 5.82 Å². The van der Waals surface area contributed by atoms with Gasteiger partial charge in [-0.05, 0) is 42.8 Å². The molecule has 0 saturated heterocycles. The molecule has 2 aromatic carbocycles. The van der Waals surface area contributed by atoms with Crippen molar-refractivity contribution >= 4 is 5.69 Å². The van der Waals surface area contributed by atoms with Crippen molar-refractivity contribution in [2.45, 2.75) is 6.92 Å². The number of hydrogen-bond donors (Lipinski definition) is 1. The molecule has 17 heavy (non-hydrogen) atoms. The normalized spacial score (nSPS) is 9.94. The van der Waals surface area contributed by atoms with Gasteiger partial charge in [-0.25, -0.2) is 4.39 Å². The predicted molar refractivity (Wildman–Crippen MR) is 65.7 cm³/mol. The van der Waals surface area contributed by atoms with Crippen LogP contribution in [0.5, 0.6) is 0 Å². The number of benzene rings is 2. The second-order valence-electron chi connectivity index (χ2n) is 3.93. The first-order valence-corrected chi connectivity index (χ1v) is 5.17.